The molecule has 100 valence electrons. The van der Waals surface area contributed by atoms with Crippen molar-refractivity contribution in [2.75, 3.05) is 13.1 Å². The molecule has 1 aromatic rings. The molecule has 0 N–H and O–H groups in total. The van der Waals surface area contributed by atoms with Crippen LogP contribution in [0.4, 0.5) is 5.69 Å². The summed E-state index contributed by atoms with van der Waals surface area (Å²) in [6, 6.07) is 4.33. The summed E-state index contributed by atoms with van der Waals surface area (Å²) in [5.74, 6) is -0.00516. The van der Waals surface area contributed by atoms with Gasteiger partial charge in [-0.2, -0.15) is 0 Å². The van der Waals surface area contributed by atoms with Crippen molar-refractivity contribution in [3.05, 3.63) is 39.4 Å². The Kier molecular flexibility index (Phi) is 3.59. The zero-order chi connectivity index (χ0) is 14.0. The minimum atomic E-state index is -0.469. The van der Waals surface area contributed by atoms with E-state index in [2.05, 4.69) is 0 Å². The smallest absolute Gasteiger partial charge is 0.272 e. The van der Waals surface area contributed by atoms with Gasteiger partial charge < -0.3 is 4.90 Å². The van der Waals surface area contributed by atoms with Crippen LogP contribution in [0.2, 0.25) is 0 Å². The van der Waals surface area contributed by atoms with Crippen LogP contribution in [0.5, 0.6) is 0 Å². The maximum atomic E-state index is 12.2. The number of carbonyl (C=O) groups is 2. The lowest BCUT2D eigenvalue weighted by Crippen LogP contribution is -2.38. The monoisotopic (exact) mass is 262 g/mol. The van der Waals surface area contributed by atoms with Gasteiger partial charge in [0.2, 0.25) is 0 Å². The number of amides is 1. The third-order valence-electron chi connectivity index (χ3n) is 3.25. The molecule has 1 aliphatic heterocycles. The second-order valence-corrected chi connectivity index (χ2v) is 4.59. The van der Waals surface area contributed by atoms with E-state index in [1.54, 1.807) is 11.8 Å². The lowest BCUT2D eigenvalue weighted by atomic mass is 10.1. The summed E-state index contributed by atoms with van der Waals surface area (Å²) >= 11 is 0. The molecule has 19 heavy (non-hydrogen) atoms. The molecule has 1 amide bonds. The van der Waals surface area contributed by atoms with E-state index in [-0.39, 0.29) is 17.4 Å². The van der Waals surface area contributed by atoms with Gasteiger partial charge in [0, 0.05) is 43.1 Å². The summed E-state index contributed by atoms with van der Waals surface area (Å²) in [6.07, 6.45) is 0.773. The average molecular weight is 262 g/mol. The summed E-state index contributed by atoms with van der Waals surface area (Å²) in [5, 5.41) is 10.7. The Labute approximate surface area is 110 Å². The topological polar surface area (TPSA) is 80.5 Å². The first kappa shape index (κ1) is 13.2. The van der Waals surface area contributed by atoms with Crippen LogP contribution < -0.4 is 0 Å². The van der Waals surface area contributed by atoms with Gasteiger partial charge in [-0.3, -0.25) is 19.7 Å². The lowest BCUT2D eigenvalue weighted by molar-refractivity contribution is -0.385. The average Bonchev–Trinajstić information content (AvgIpc) is 2.38. The Bertz CT molecular complexity index is 544. The van der Waals surface area contributed by atoms with Crippen molar-refractivity contribution in [2.24, 2.45) is 0 Å². The molecule has 6 nitrogen and oxygen atoms in total. The normalized spacial score (nSPS) is 15.4. The third kappa shape index (κ3) is 2.78. The second-order valence-electron chi connectivity index (χ2n) is 4.59. The number of nitrogens with zero attached hydrogens (tertiary/aromatic N) is 2. The predicted molar refractivity (Wildman–Crippen MR) is 68.0 cm³/mol. The third-order valence-corrected chi connectivity index (χ3v) is 3.25. The van der Waals surface area contributed by atoms with Crippen LogP contribution in [-0.2, 0) is 4.79 Å². The molecule has 1 saturated heterocycles. The fourth-order valence-electron chi connectivity index (χ4n) is 2.14. The van der Waals surface area contributed by atoms with Crippen molar-refractivity contribution in [3.63, 3.8) is 0 Å². The minimum absolute atomic E-state index is 0.00497. The van der Waals surface area contributed by atoms with Crippen LogP contribution in [-0.4, -0.2) is 34.6 Å². The maximum Gasteiger partial charge on any atom is 0.272 e. The number of likely N-dealkylation sites (tertiary alicyclic amines) is 1. The van der Waals surface area contributed by atoms with Gasteiger partial charge in [0.1, 0.15) is 5.78 Å². The molecule has 0 unspecified atom stereocenters. The van der Waals surface area contributed by atoms with Crippen LogP contribution in [0.25, 0.3) is 0 Å². The first-order chi connectivity index (χ1) is 8.99. The Morgan fingerprint density at radius 2 is 1.95 bits per heavy atom. The van der Waals surface area contributed by atoms with E-state index in [9.17, 15) is 19.7 Å². The highest BCUT2D eigenvalue weighted by Gasteiger charge is 2.23. The number of rotatable bonds is 2. The number of hydrogen-bond donors (Lipinski definition) is 0. The summed E-state index contributed by atoms with van der Waals surface area (Å²) in [7, 11) is 0. The number of hydrogen-bond acceptors (Lipinski definition) is 4. The Morgan fingerprint density at radius 3 is 2.47 bits per heavy atom. The van der Waals surface area contributed by atoms with Gasteiger partial charge in [0.15, 0.2) is 0 Å². The molecule has 2 rings (SSSR count). The van der Waals surface area contributed by atoms with Crippen LogP contribution in [0.1, 0.15) is 28.8 Å². The minimum Gasteiger partial charge on any atom is -0.338 e. The summed E-state index contributed by atoms with van der Waals surface area (Å²) in [4.78, 5) is 35.2. The molecule has 1 fully saturated rings. The highest BCUT2D eigenvalue weighted by molar-refractivity contribution is 5.95. The van der Waals surface area contributed by atoms with Gasteiger partial charge in [0.25, 0.3) is 11.6 Å². The van der Waals surface area contributed by atoms with Crippen molar-refractivity contribution in [3.8, 4) is 0 Å². The lowest BCUT2D eigenvalue weighted by Gasteiger charge is -2.26. The van der Waals surface area contributed by atoms with Crippen molar-refractivity contribution in [1.29, 1.82) is 0 Å². The van der Waals surface area contributed by atoms with Crippen LogP contribution in [0.15, 0.2) is 18.2 Å². The maximum absolute atomic E-state index is 12.2. The molecule has 1 aromatic carbocycles. The van der Waals surface area contributed by atoms with Gasteiger partial charge >= 0.3 is 0 Å². The Hall–Kier alpha value is -2.24. The van der Waals surface area contributed by atoms with E-state index in [1.807, 2.05) is 0 Å². The number of carbonyl (C=O) groups excluding carboxylic acids is 2. The van der Waals surface area contributed by atoms with E-state index in [1.165, 1.54) is 18.2 Å². The number of aryl methyl sites for hydroxylation is 1. The zero-order valence-electron chi connectivity index (χ0n) is 10.6. The molecule has 0 atom stereocenters. The summed E-state index contributed by atoms with van der Waals surface area (Å²) in [5.41, 5.74) is 0.895. The molecule has 0 spiro atoms. The van der Waals surface area contributed by atoms with Crippen molar-refractivity contribution < 1.29 is 14.5 Å². The van der Waals surface area contributed by atoms with E-state index < -0.39 is 4.92 Å². The van der Waals surface area contributed by atoms with Crippen LogP contribution in [0, 0.1) is 17.0 Å². The molecule has 6 heteroatoms. The molecule has 0 aliphatic carbocycles. The molecular weight excluding hydrogens is 248 g/mol. The quantitative estimate of drug-likeness (QED) is 0.600. The highest BCUT2D eigenvalue weighted by atomic mass is 16.6. The van der Waals surface area contributed by atoms with E-state index in [0.717, 1.165) is 0 Å². The highest BCUT2D eigenvalue weighted by Crippen LogP contribution is 2.20. The van der Waals surface area contributed by atoms with Gasteiger partial charge in [0.05, 0.1) is 4.92 Å². The Morgan fingerprint density at radius 1 is 1.32 bits per heavy atom. The first-order valence-corrected chi connectivity index (χ1v) is 6.05. The molecule has 0 radical (unpaired) electrons. The molecule has 0 bridgehead atoms. The molecule has 0 saturated carbocycles. The number of nitro benzene ring substituents is 1. The number of nitro groups is 1. The Balaban J connectivity index is 2.18. The molecule has 1 aliphatic rings. The molecular formula is C13H14N2O4. The van der Waals surface area contributed by atoms with Gasteiger partial charge in [-0.15, -0.1) is 0 Å². The summed E-state index contributed by atoms with van der Waals surface area (Å²) < 4.78 is 0. The fraction of sp³-hybridized carbons (Fsp3) is 0.385. The van der Waals surface area contributed by atoms with Gasteiger partial charge in [-0.05, 0) is 19.1 Å². The van der Waals surface area contributed by atoms with E-state index in [4.69, 9.17) is 0 Å². The number of benzene rings is 1. The van der Waals surface area contributed by atoms with E-state index >= 15 is 0 Å². The number of ketones is 1. The van der Waals surface area contributed by atoms with Crippen LogP contribution in [0.3, 0.4) is 0 Å². The van der Waals surface area contributed by atoms with Crippen molar-refractivity contribution in [1.82, 2.24) is 4.90 Å². The SMILES string of the molecule is Cc1cc(C(=O)N2CCC(=O)CC2)ccc1[N+](=O)[O-]. The number of piperidine rings is 1. The van der Waals surface area contributed by atoms with Gasteiger partial charge in [-0.25, -0.2) is 0 Å². The number of Topliss-reactive ketones (excluding diaryl/α,β-unsaturated/α-hetero) is 1. The van der Waals surface area contributed by atoms with Crippen molar-refractivity contribution >= 4 is 17.4 Å². The largest absolute Gasteiger partial charge is 0.338 e. The predicted octanol–water partition coefficient (Wildman–Crippen LogP) is 1.71. The van der Waals surface area contributed by atoms with Crippen LogP contribution >= 0.6 is 0 Å². The van der Waals surface area contributed by atoms with E-state index in [0.29, 0.717) is 37.1 Å². The first-order valence-electron chi connectivity index (χ1n) is 6.05. The molecule has 1 heterocycles. The van der Waals surface area contributed by atoms with Crippen molar-refractivity contribution in [2.45, 2.75) is 19.8 Å². The summed E-state index contributed by atoms with van der Waals surface area (Å²) in [6.45, 7) is 2.45. The second kappa shape index (κ2) is 5.17. The van der Waals surface area contributed by atoms with Gasteiger partial charge in [-0.1, -0.05) is 0 Å². The molecule has 0 aromatic heterocycles. The fourth-order valence-corrected chi connectivity index (χ4v) is 2.14. The standard InChI is InChI=1S/C13H14N2O4/c1-9-8-10(2-3-12(9)15(18)19)13(17)14-6-4-11(16)5-7-14/h2-3,8H,4-7H2,1H3. The zero-order valence-corrected chi connectivity index (χ0v) is 10.6.